The van der Waals surface area contributed by atoms with Crippen molar-refractivity contribution in [3.05, 3.63) is 29.0 Å². The van der Waals surface area contributed by atoms with Gasteiger partial charge >= 0.3 is 5.97 Å². The minimum absolute atomic E-state index is 0.0584. The number of carbonyl (C=O) groups is 1. The lowest BCUT2D eigenvalue weighted by molar-refractivity contribution is -0.234. The standard InChI is InChI=1S/C17H25NO4S/c1-12(16(19)22-18-11-6-5-9-14(18)23)20-15-10-7-8-13(21-15)17(2,3)4/h5-6,9,11-13,15H,7-8,10H2,1-4H3/t12-,13-,15-/m0/s1. The maximum atomic E-state index is 12.1. The van der Waals surface area contributed by atoms with Crippen LogP contribution in [0.3, 0.4) is 0 Å². The fourth-order valence-corrected chi connectivity index (χ4v) is 2.65. The van der Waals surface area contributed by atoms with Crippen molar-refractivity contribution in [3.8, 4) is 0 Å². The second-order valence-electron chi connectivity index (χ2n) is 6.90. The molecule has 0 amide bonds. The van der Waals surface area contributed by atoms with E-state index in [4.69, 9.17) is 26.5 Å². The minimum atomic E-state index is -0.721. The van der Waals surface area contributed by atoms with Gasteiger partial charge in [0.1, 0.15) is 4.64 Å². The van der Waals surface area contributed by atoms with Crippen LogP contribution in [-0.4, -0.2) is 29.2 Å². The Morgan fingerprint density at radius 3 is 2.78 bits per heavy atom. The predicted octanol–water partition coefficient (Wildman–Crippen LogP) is 3.52. The van der Waals surface area contributed by atoms with Gasteiger partial charge in [-0.2, -0.15) is 4.73 Å². The summed E-state index contributed by atoms with van der Waals surface area (Å²) >= 11 is 5.09. The molecule has 1 saturated heterocycles. The first-order valence-corrected chi connectivity index (χ1v) is 8.39. The van der Waals surface area contributed by atoms with Crippen LogP contribution in [0, 0.1) is 10.1 Å². The Balaban J connectivity index is 1.91. The lowest BCUT2D eigenvalue weighted by atomic mass is 9.85. The van der Waals surface area contributed by atoms with E-state index < -0.39 is 12.1 Å². The van der Waals surface area contributed by atoms with Crippen molar-refractivity contribution in [1.29, 1.82) is 0 Å². The Morgan fingerprint density at radius 2 is 2.13 bits per heavy atom. The van der Waals surface area contributed by atoms with Crippen molar-refractivity contribution in [3.63, 3.8) is 0 Å². The molecule has 1 aromatic rings. The van der Waals surface area contributed by atoms with Crippen LogP contribution in [-0.2, 0) is 14.3 Å². The van der Waals surface area contributed by atoms with Crippen molar-refractivity contribution in [2.75, 3.05) is 0 Å². The third kappa shape index (κ3) is 5.12. The molecule has 0 aliphatic carbocycles. The summed E-state index contributed by atoms with van der Waals surface area (Å²) in [4.78, 5) is 17.4. The first kappa shape index (κ1) is 18.1. The molecule has 0 unspecified atom stereocenters. The lowest BCUT2D eigenvalue weighted by Crippen LogP contribution is -2.41. The maximum absolute atomic E-state index is 12.1. The molecule has 1 aliphatic heterocycles. The largest absolute Gasteiger partial charge is 0.361 e. The molecule has 5 nitrogen and oxygen atoms in total. The van der Waals surface area contributed by atoms with Crippen LogP contribution >= 0.6 is 12.2 Å². The Morgan fingerprint density at radius 1 is 1.39 bits per heavy atom. The first-order chi connectivity index (χ1) is 10.8. The van der Waals surface area contributed by atoms with Crippen molar-refractivity contribution in [1.82, 2.24) is 4.73 Å². The van der Waals surface area contributed by atoms with Gasteiger partial charge in [0.05, 0.1) is 6.10 Å². The van der Waals surface area contributed by atoms with Crippen molar-refractivity contribution in [2.45, 2.75) is 65.5 Å². The summed E-state index contributed by atoms with van der Waals surface area (Å²) in [5.41, 5.74) is 0.0584. The minimum Gasteiger partial charge on any atom is -0.349 e. The van der Waals surface area contributed by atoms with Crippen LogP contribution in [0.5, 0.6) is 0 Å². The van der Waals surface area contributed by atoms with Crippen LogP contribution in [0.4, 0.5) is 0 Å². The van der Waals surface area contributed by atoms with Crippen molar-refractivity contribution >= 4 is 18.2 Å². The molecule has 23 heavy (non-hydrogen) atoms. The fourth-order valence-electron chi connectivity index (χ4n) is 2.47. The average Bonchev–Trinajstić information content (AvgIpc) is 2.49. The van der Waals surface area contributed by atoms with E-state index >= 15 is 0 Å². The number of rotatable bonds is 4. The molecule has 0 saturated carbocycles. The Bertz CT molecular complexity index is 593. The lowest BCUT2D eigenvalue weighted by Gasteiger charge is -2.38. The molecule has 2 rings (SSSR count). The van der Waals surface area contributed by atoms with E-state index in [0.717, 1.165) is 19.3 Å². The molecule has 0 radical (unpaired) electrons. The second kappa shape index (κ2) is 7.55. The normalized spacial score (nSPS) is 23.3. The summed E-state index contributed by atoms with van der Waals surface area (Å²) in [5, 5.41) is 0. The molecule has 2 heterocycles. The zero-order chi connectivity index (χ0) is 17.0. The molecule has 0 bridgehead atoms. The highest BCUT2D eigenvalue weighted by molar-refractivity contribution is 7.71. The number of hydrogen-bond donors (Lipinski definition) is 0. The van der Waals surface area contributed by atoms with Gasteiger partial charge in [-0.1, -0.05) is 39.1 Å². The number of aromatic nitrogens is 1. The van der Waals surface area contributed by atoms with Crippen LogP contribution < -0.4 is 4.84 Å². The topological polar surface area (TPSA) is 49.7 Å². The molecule has 3 atom stereocenters. The molecule has 128 valence electrons. The van der Waals surface area contributed by atoms with Gasteiger partial charge in [0.2, 0.25) is 0 Å². The highest BCUT2D eigenvalue weighted by Gasteiger charge is 2.33. The number of ether oxygens (including phenoxy) is 2. The highest BCUT2D eigenvalue weighted by atomic mass is 32.1. The zero-order valence-corrected chi connectivity index (χ0v) is 15.0. The van der Waals surface area contributed by atoms with Gasteiger partial charge in [-0.3, -0.25) is 0 Å². The van der Waals surface area contributed by atoms with Crippen LogP contribution in [0.1, 0.15) is 47.0 Å². The Kier molecular flexibility index (Phi) is 5.95. The summed E-state index contributed by atoms with van der Waals surface area (Å²) in [6.07, 6.45) is 3.46. The average molecular weight is 339 g/mol. The second-order valence-corrected chi connectivity index (χ2v) is 7.32. The van der Waals surface area contributed by atoms with E-state index in [2.05, 4.69) is 20.8 Å². The summed E-state index contributed by atoms with van der Waals surface area (Å²) in [7, 11) is 0. The predicted molar refractivity (Wildman–Crippen MR) is 89.4 cm³/mol. The van der Waals surface area contributed by atoms with E-state index in [0.29, 0.717) is 4.64 Å². The summed E-state index contributed by atoms with van der Waals surface area (Å²) in [5.74, 6) is -0.492. The number of carbonyl (C=O) groups excluding carboxylic acids is 1. The van der Waals surface area contributed by atoms with E-state index in [1.54, 1.807) is 31.3 Å². The van der Waals surface area contributed by atoms with Gasteiger partial charge in [-0.05, 0) is 43.7 Å². The third-order valence-electron chi connectivity index (χ3n) is 3.85. The van der Waals surface area contributed by atoms with Crippen LogP contribution in [0.25, 0.3) is 0 Å². The number of hydrogen-bond acceptors (Lipinski definition) is 5. The Hall–Kier alpha value is -1.24. The molecule has 1 fully saturated rings. The van der Waals surface area contributed by atoms with Crippen LogP contribution in [0.15, 0.2) is 24.4 Å². The smallest absolute Gasteiger partial charge is 0.349 e. The quantitative estimate of drug-likeness (QED) is 0.786. The molecule has 0 spiro atoms. The van der Waals surface area contributed by atoms with Gasteiger partial charge in [-0.15, -0.1) is 0 Å². The molecule has 6 heteroatoms. The SMILES string of the molecule is C[C@H](O[C@@H]1CCC[C@@H](C(C)(C)C)O1)C(=O)On1ccccc1=S. The Labute approximate surface area is 142 Å². The highest BCUT2D eigenvalue weighted by Crippen LogP contribution is 2.32. The fraction of sp³-hybridized carbons (Fsp3) is 0.647. The summed E-state index contributed by atoms with van der Waals surface area (Å²) < 4.78 is 13.4. The van der Waals surface area contributed by atoms with Crippen molar-refractivity contribution < 1.29 is 19.1 Å². The number of pyridine rings is 1. The monoisotopic (exact) mass is 339 g/mol. The molecule has 1 aromatic heterocycles. The third-order valence-corrected chi connectivity index (χ3v) is 4.17. The van der Waals surface area contributed by atoms with Gasteiger partial charge in [0.15, 0.2) is 12.4 Å². The van der Waals surface area contributed by atoms with E-state index in [-0.39, 0.29) is 17.8 Å². The molecule has 0 aromatic carbocycles. The van der Waals surface area contributed by atoms with Gasteiger partial charge in [0.25, 0.3) is 0 Å². The molecular weight excluding hydrogens is 314 g/mol. The maximum Gasteiger partial charge on any atom is 0.361 e. The molecular formula is C17H25NO4S. The number of nitrogens with zero attached hydrogens (tertiary/aromatic N) is 1. The summed E-state index contributed by atoms with van der Waals surface area (Å²) in [6, 6.07) is 5.22. The van der Waals surface area contributed by atoms with Gasteiger partial charge in [-0.25, -0.2) is 4.79 Å². The zero-order valence-electron chi connectivity index (χ0n) is 14.2. The van der Waals surface area contributed by atoms with Crippen LogP contribution in [0.2, 0.25) is 0 Å². The van der Waals surface area contributed by atoms with E-state index in [1.807, 2.05) is 0 Å². The first-order valence-electron chi connectivity index (χ1n) is 7.98. The van der Waals surface area contributed by atoms with Crippen molar-refractivity contribution in [2.24, 2.45) is 5.41 Å². The summed E-state index contributed by atoms with van der Waals surface area (Å²) in [6.45, 7) is 8.11. The van der Waals surface area contributed by atoms with Gasteiger partial charge in [0, 0.05) is 6.20 Å². The van der Waals surface area contributed by atoms with Gasteiger partial charge < -0.3 is 14.3 Å². The van der Waals surface area contributed by atoms with E-state index in [1.165, 1.54) is 4.73 Å². The molecule has 0 N–H and O–H groups in total. The van der Waals surface area contributed by atoms with E-state index in [9.17, 15) is 4.79 Å². The molecule has 1 aliphatic rings.